The number of nitrogens with zero attached hydrogens (tertiary/aromatic N) is 1. The summed E-state index contributed by atoms with van der Waals surface area (Å²) < 4.78 is 17.4. The fourth-order valence-corrected chi connectivity index (χ4v) is 4.82. The number of allylic oxidation sites excluding steroid dienone is 1. The number of hydrogen-bond acceptors (Lipinski definition) is 4. The lowest BCUT2D eigenvalue weighted by molar-refractivity contribution is -0.129. The van der Waals surface area contributed by atoms with E-state index in [2.05, 4.69) is 13.0 Å². The maximum atomic E-state index is 13.2. The van der Waals surface area contributed by atoms with E-state index in [1.807, 2.05) is 56.0 Å². The van der Waals surface area contributed by atoms with Crippen LogP contribution in [0.3, 0.4) is 0 Å². The fraction of sp³-hybridized carbons (Fsp3) is 0.414. The highest BCUT2D eigenvalue weighted by Crippen LogP contribution is 2.38. The predicted molar refractivity (Wildman–Crippen MR) is 137 cm³/mol. The third-order valence-corrected chi connectivity index (χ3v) is 6.60. The molecule has 0 radical (unpaired) electrons. The Labute approximate surface area is 202 Å². The van der Waals surface area contributed by atoms with Gasteiger partial charge in [0, 0.05) is 41.2 Å². The van der Waals surface area contributed by atoms with Crippen molar-refractivity contribution < 1.29 is 18.7 Å². The van der Waals surface area contributed by atoms with Crippen molar-refractivity contribution in [3.63, 3.8) is 0 Å². The molecule has 2 heterocycles. The van der Waals surface area contributed by atoms with Gasteiger partial charge in [0.05, 0.1) is 19.5 Å². The SMILES string of the molecule is CCOc1ccc(-c2coc3cc(OCC)c(/C(C)=C/C(=O)N4CCCCC4CC)cc23)cc1. The van der Waals surface area contributed by atoms with Gasteiger partial charge in [-0.3, -0.25) is 4.79 Å². The summed E-state index contributed by atoms with van der Waals surface area (Å²) in [5.41, 5.74) is 4.63. The van der Waals surface area contributed by atoms with Crippen LogP contribution in [0.15, 0.2) is 53.2 Å². The van der Waals surface area contributed by atoms with Gasteiger partial charge in [0.25, 0.3) is 0 Å². The molecule has 5 heteroatoms. The molecule has 1 atom stereocenters. The number of carbonyl (C=O) groups is 1. The highest BCUT2D eigenvalue weighted by atomic mass is 16.5. The fourth-order valence-electron chi connectivity index (χ4n) is 4.82. The zero-order valence-electron chi connectivity index (χ0n) is 20.7. The molecule has 2 aromatic carbocycles. The van der Waals surface area contributed by atoms with E-state index in [4.69, 9.17) is 13.9 Å². The molecule has 0 aliphatic carbocycles. The lowest BCUT2D eigenvalue weighted by Crippen LogP contribution is -2.42. The van der Waals surface area contributed by atoms with Crippen molar-refractivity contribution in [1.82, 2.24) is 4.90 Å². The van der Waals surface area contributed by atoms with Gasteiger partial charge < -0.3 is 18.8 Å². The van der Waals surface area contributed by atoms with Crippen molar-refractivity contribution >= 4 is 22.4 Å². The van der Waals surface area contributed by atoms with E-state index in [1.54, 1.807) is 12.3 Å². The number of likely N-dealkylation sites (tertiary alicyclic amines) is 1. The molecule has 0 saturated carbocycles. The first-order chi connectivity index (χ1) is 16.5. The van der Waals surface area contributed by atoms with Gasteiger partial charge in [0.1, 0.15) is 17.1 Å². The van der Waals surface area contributed by atoms with E-state index in [-0.39, 0.29) is 5.91 Å². The van der Waals surface area contributed by atoms with Crippen LogP contribution in [0.5, 0.6) is 11.5 Å². The maximum absolute atomic E-state index is 13.2. The van der Waals surface area contributed by atoms with Crippen molar-refractivity contribution in [1.29, 1.82) is 0 Å². The summed E-state index contributed by atoms with van der Waals surface area (Å²) in [6.45, 7) is 10.1. The molecule has 1 saturated heterocycles. The second-order valence-electron chi connectivity index (χ2n) is 8.80. The van der Waals surface area contributed by atoms with Gasteiger partial charge in [-0.2, -0.15) is 0 Å². The predicted octanol–water partition coefficient (Wildman–Crippen LogP) is 7.09. The third kappa shape index (κ3) is 4.98. The maximum Gasteiger partial charge on any atom is 0.247 e. The first-order valence-corrected chi connectivity index (χ1v) is 12.5. The molecule has 0 N–H and O–H groups in total. The van der Waals surface area contributed by atoms with Crippen LogP contribution >= 0.6 is 0 Å². The molecule has 1 aliphatic rings. The lowest BCUT2D eigenvalue weighted by atomic mass is 9.97. The average Bonchev–Trinajstić information content (AvgIpc) is 3.27. The monoisotopic (exact) mass is 461 g/mol. The van der Waals surface area contributed by atoms with Crippen LogP contribution in [-0.4, -0.2) is 36.6 Å². The first-order valence-electron chi connectivity index (χ1n) is 12.5. The smallest absolute Gasteiger partial charge is 0.247 e. The molecule has 34 heavy (non-hydrogen) atoms. The average molecular weight is 462 g/mol. The quantitative estimate of drug-likeness (QED) is 0.336. The highest BCUT2D eigenvalue weighted by Gasteiger charge is 2.24. The number of fused-ring (bicyclic) bond motifs is 1. The summed E-state index contributed by atoms with van der Waals surface area (Å²) in [6.07, 6.45) is 7.91. The Bertz CT molecular complexity index is 1160. The largest absolute Gasteiger partial charge is 0.494 e. The minimum atomic E-state index is 0.0884. The Morgan fingerprint density at radius 1 is 1.09 bits per heavy atom. The Hall–Kier alpha value is -3.21. The van der Waals surface area contributed by atoms with Gasteiger partial charge >= 0.3 is 0 Å². The normalized spacial score (nSPS) is 16.6. The molecule has 180 valence electrons. The Kier molecular flexibility index (Phi) is 7.61. The van der Waals surface area contributed by atoms with E-state index in [0.29, 0.717) is 19.3 Å². The van der Waals surface area contributed by atoms with Crippen molar-refractivity contribution in [2.75, 3.05) is 19.8 Å². The molecule has 1 fully saturated rings. The second-order valence-corrected chi connectivity index (χ2v) is 8.80. The van der Waals surface area contributed by atoms with Crippen molar-refractivity contribution in [2.45, 2.75) is 59.4 Å². The summed E-state index contributed by atoms with van der Waals surface area (Å²) in [7, 11) is 0. The number of carbonyl (C=O) groups excluding carboxylic acids is 1. The van der Waals surface area contributed by atoms with Crippen LogP contribution in [0.4, 0.5) is 0 Å². The van der Waals surface area contributed by atoms with Gasteiger partial charge in [-0.05, 0) is 75.8 Å². The van der Waals surface area contributed by atoms with Crippen molar-refractivity contribution in [2.24, 2.45) is 0 Å². The van der Waals surface area contributed by atoms with Gasteiger partial charge in [0.15, 0.2) is 0 Å². The molecule has 1 aromatic heterocycles. The number of benzene rings is 2. The second kappa shape index (κ2) is 10.8. The summed E-state index contributed by atoms with van der Waals surface area (Å²) in [4.78, 5) is 15.2. The summed E-state index contributed by atoms with van der Waals surface area (Å²) >= 11 is 0. The molecular weight excluding hydrogens is 426 g/mol. The topological polar surface area (TPSA) is 51.9 Å². The van der Waals surface area contributed by atoms with Crippen LogP contribution in [0.1, 0.15) is 58.9 Å². The lowest BCUT2D eigenvalue weighted by Gasteiger charge is -2.34. The standard InChI is InChI=1S/C29H35NO4/c1-5-22-10-8-9-15-30(22)29(31)16-20(4)24-17-25-26(19-34-28(25)18-27(24)33-7-3)21-11-13-23(14-12-21)32-6-2/h11-14,16-19,22H,5-10,15H2,1-4H3/b20-16+. The van der Waals surface area contributed by atoms with Crippen LogP contribution in [0.25, 0.3) is 27.7 Å². The molecule has 0 spiro atoms. The van der Waals surface area contributed by atoms with Crippen molar-refractivity contribution in [3.8, 4) is 22.6 Å². The Balaban J connectivity index is 1.71. The Morgan fingerprint density at radius 3 is 2.56 bits per heavy atom. The molecule has 1 amide bonds. The molecule has 0 bridgehead atoms. The molecule has 3 aromatic rings. The number of ether oxygens (including phenoxy) is 2. The third-order valence-electron chi connectivity index (χ3n) is 6.60. The minimum absolute atomic E-state index is 0.0884. The van der Waals surface area contributed by atoms with Crippen LogP contribution < -0.4 is 9.47 Å². The van der Waals surface area contributed by atoms with E-state index in [0.717, 1.165) is 70.5 Å². The number of rotatable bonds is 8. The van der Waals surface area contributed by atoms with Crippen molar-refractivity contribution in [3.05, 3.63) is 54.3 Å². The van der Waals surface area contributed by atoms with E-state index >= 15 is 0 Å². The summed E-state index contributed by atoms with van der Waals surface area (Å²) in [6, 6.07) is 12.4. The van der Waals surface area contributed by atoms with Gasteiger partial charge in [0.2, 0.25) is 5.91 Å². The summed E-state index contributed by atoms with van der Waals surface area (Å²) in [5.74, 6) is 1.67. The number of amides is 1. The zero-order chi connectivity index (χ0) is 24.1. The molecule has 4 rings (SSSR count). The van der Waals surface area contributed by atoms with Crippen LogP contribution in [-0.2, 0) is 4.79 Å². The molecule has 1 unspecified atom stereocenters. The minimum Gasteiger partial charge on any atom is -0.494 e. The van der Waals surface area contributed by atoms with Crippen LogP contribution in [0.2, 0.25) is 0 Å². The van der Waals surface area contributed by atoms with Gasteiger partial charge in [-0.15, -0.1) is 0 Å². The number of piperidine rings is 1. The summed E-state index contributed by atoms with van der Waals surface area (Å²) in [5, 5.41) is 0.993. The van der Waals surface area contributed by atoms with Gasteiger partial charge in [-0.25, -0.2) is 0 Å². The zero-order valence-corrected chi connectivity index (χ0v) is 20.7. The molecule has 1 aliphatic heterocycles. The number of furan rings is 1. The van der Waals surface area contributed by atoms with E-state index < -0.39 is 0 Å². The van der Waals surface area contributed by atoms with Gasteiger partial charge in [-0.1, -0.05) is 19.1 Å². The molecule has 5 nitrogen and oxygen atoms in total. The Morgan fingerprint density at radius 2 is 1.85 bits per heavy atom. The van der Waals surface area contributed by atoms with Crippen LogP contribution in [0, 0.1) is 0 Å². The highest BCUT2D eigenvalue weighted by molar-refractivity contribution is 6.00. The van der Waals surface area contributed by atoms with E-state index in [9.17, 15) is 4.79 Å². The van der Waals surface area contributed by atoms with E-state index in [1.165, 1.54) is 6.42 Å². The molecular formula is C29H35NO4. The first kappa shape index (κ1) is 23.9. The number of hydrogen-bond donors (Lipinski definition) is 0.